The van der Waals surface area contributed by atoms with Crippen molar-refractivity contribution in [3.8, 4) is 17.3 Å². The van der Waals surface area contributed by atoms with Crippen LogP contribution in [0.1, 0.15) is 110 Å². The van der Waals surface area contributed by atoms with Crippen molar-refractivity contribution in [2.75, 3.05) is 46.0 Å². The number of carbonyl (C=O) groups excluding carboxylic acids is 5. The number of primary amides is 2. The molecule has 0 fully saturated rings. The second-order valence-corrected chi connectivity index (χ2v) is 16.0. The third-order valence-electron chi connectivity index (χ3n) is 10.3. The Morgan fingerprint density at radius 1 is 0.867 bits per heavy atom. The Balaban J connectivity index is 0.000000816. The maximum atomic E-state index is 13.5. The number of aldehydes is 1. The predicted molar refractivity (Wildman–Crippen MR) is 286 cm³/mol. The minimum absolute atomic E-state index is 0.0713. The second kappa shape index (κ2) is 30.9. The number of rotatable bonds is 21. The van der Waals surface area contributed by atoms with Gasteiger partial charge in [-0.1, -0.05) is 53.2 Å². The fourth-order valence-electron chi connectivity index (χ4n) is 7.17. The smallest absolute Gasteiger partial charge is 0.295 e. The monoisotopic (exact) mass is 1040 g/mol. The number of hydrogen-bond donors (Lipinski definition) is 6. The van der Waals surface area contributed by atoms with Crippen molar-refractivity contribution >= 4 is 69.0 Å². The molecule has 0 radical (unpaired) electrons. The van der Waals surface area contributed by atoms with Crippen LogP contribution >= 0.6 is 0 Å². The number of allylic oxidation sites excluding steroid dienone is 2. The van der Waals surface area contributed by atoms with E-state index in [9.17, 15) is 28.4 Å². The summed E-state index contributed by atoms with van der Waals surface area (Å²) < 4.78 is 32.6. The van der Waals surface area contributed by atoms with Crippen LogP contribution in [0, 0.1) is 13.8 Å². The zero-order valence-corrected chi connectivity index (χ0v) is 44.7. The van der Waals surface area contributed by atoms with Gasteiger partial charge in [-0.25, -0.2) is 24.9 Å². The van der Waals surface area contributed by atoms with E-state index in [1.807, 2.05) is 62.1 Å². The largest absolute Gasteiger partial charge is 0.491 e. The summed E-state index contributed by atoms with van der Waals surface area (Å²) in [5.74, 6) is -0.569. The molecule has 1 aromatic carbocycles. The zero-order valence-electron chi connectivity index (χ0n) is 44.7. The first-order valence-corrected chi connectivity index (χ1v) is 24.6. The van der Waals surface area contributed by atoms with E-state index in [1.54, 1.807) is 43.8 Å². The average Bonchev–Trinajstić information content (AvgIpc) is 4.18. The number of alkyl halides is 1. The van der Waals surface area contributed by atoms with E-state index < -0.39 is 23.8 Å². The van der Waals surface area contributed by atoms with Crippen molar-refractivity contribution in [1.29, 1.82) is 0 Å². The first kappa shape index (κ1) is 61.3. The number of ether oxygens (including phenoxy) is 2. The number of aromatic nitrogens is 9. The fraction of sp³-hybridized carbons (Fsp3) is 0.431. The molecule has 4 amide bonds. The minimum Gasteiger partial charge on any atom is -0.491 e. The number of imidazole rings is 1. The summed E-state index contributed by atoms with van der Waals surface area (Å²) in [5.41, 5.74) is 20.9. The fourth-order valence-corrected chi connectivity index (χ4v) is 7.17. The lowest BCUT2D eigenvalue weighted by Gasteiger charge is -2.12. The minimum atomic E-state index is -0.662. The molecule has 23 nitrogen and oxygen atoms in total. The number of carbonyl (C=O) groups is 5. The van der Waals surface area contributed by atoms with Gasteiger partial charge in [0.15, 0.2) is 17.4 Å². The Morgan fingerprint density at radius 3 is 2.16 bits per heavy atom. The van der Waals surface area contributed by atoms with Crippen LogP contribution in [0.4, 0.5) is 10.3 Å². The molecular formula is C51H72FN15O8. The molecule has 9 N–H and O–H groups in total. The Morgan fingerprint density at radius 2 is 1.55 bits per heavy atom. The summed E-state index contributed by atoms with van der Waals surface area (Å²) >= 11 is 0. The summed E-state index contributed by atoms with van der Waals surface area (Å²) in [6.45, 7) is 19.5. The molecule has 6 aromatic heterocycles. The highest BCUT2D eigenvalue weighted by molar-refractivity contribution is 6.12. The van der Waals surface area contributed by atoms with Gasteiger partial charge in [0.1, 0.15) is 28.9 Å². The molecule has 24 heteroatoms. The second-order valence-electron chi connectivity index (χ2n) is 16.0. The van der Waals surface area contributed by atoms with Crippen LogP contribution in [0.25, 0.3) is 44.6 Å². The van der Waals surface area contributed by atoms with Gasteiger partial charge < -0.3 is 45.8 Å². The van der Waals surface area contributed by atoms with Crippen molar-refractivity contribution in [1.82, 2.24) is 54.5 Å². The molecule has 7 rings (SSSR count). The molecule has 0 saturated heterocycles. The lowest BCUT2D eigenvalue weighted by atomic mass is 10.1. The van der Waals surface area contributed by atoms with Crippen LogP contribution in [0.5, 0.6) is 5.75 Å². The topological polar surface area (TPSA) is 323 Å². The highest BCUT2D eigenvalue weighted by Crippen LogP contribution is 2.36. The van der Waals surface area contributed by atoms with Crippen LogP contribution in [0.15, 0.2) is 53.2 Å². The van der Waals surface area contributed by atoms with E-state index >= 15 is 0 Å². The van der Waals surface area contributed by atoms with Crippen molar-refractivity contribution < 1.29 is 42.3 Å². The normalized spacial score (nSPS) is 11.1. The van der Waals surface area contributed by atoms with Crippen molar-refractivity contribution in [2.45, 2.75) is 107 Å². The van der Waals surface area contributed by atoms with Gasteiger partial charge >= 0.3 is 0 Å². The van der Waals surface area contributed by atoms with Gasteiger partial charge in [-0.3, -0.25) is 43.5 Å². The van der Waals surface area contributed by atoms with Gasteiger partial charge in [0.05, 0.1) is 62.2 Å². The van der Waals surface area contributed by atoms with Gasteiger partial charge in [0, 0.05) is 61.7 Å². The van der Waals surface area contributed by atoms with Crippen LogP contribution in [-0.4, -0.2) is 121 Å². The number of amides is 4. The van der Waals surface area contributed by atoms with Crippen molar-refractivity contribution in [3.05, 3.63) is 83.0 Å². The predicted octanol–water partition coefficient (Wildman–Crippen LogP) is 5.73. The third-order valence-corrected chi connectivity index (χ3v) is 10.3. The Kier molecular flexibility index (Phi) is 25.3. The first-order valence-electron chi connectivity index (χ1n) is 24.6. The molecule has 0 aliphatic heterocycles. The number of nitrogens with one attached hydrogen (secondary N) is 3. The number of halogens is 1. The quantitative estimate of drug-likeness (QED) is 0.0217. The Labute approximate surface area is 435 Å². The first-order chi connectivity index (χ1) is 36.1. The van der Waals surface area contributed by atoms with E-state index in [4.69, 9.17) is 41.1 Å². The summed E-state index contributed by atoms with van der Waals surface area (Å²) in [7, 11) is 2.30. The summed E-state index contributed by atoms with van der Waals surface area (Å²) in [6, 6.07) is 6.39. The Bertz CT molecular complexity index is 3030. The van der Waals surface area contributed by atoms with E-state index in [0.29, 0.717) is 116 Å². The molecule has 7 aromatic rings. The molecule has 1 unspecified atom stereocenters. The number of nitrogens with zero attached hydrogens (tertiary/aromatic N) is 9. The van der Waals surface area contributed by atoms with E-state index in [-0.39, 0.29) is 41.8 Å². The molecule has 1 atom stereocenters. The zero-order chi connectivity index (χ0) is 55.8. The van der Waals surface area contributed by atoms with Crippen LogP contribution in [-0.2, 0) is 40.4 Å². The highest BCUT2D eigenvalue weighted by Gasteiger charge is 2.23. The molecule has 406 valence electrons. The van der Waals surface area contributed by atoms with Gasteiger partial charge in [-0.05, 0) is 58.5 Å². The Hall–Kier alpha value is -7.96. The third kappa shape index (κ3) is 16.3. The van der Waals surface area contributed by atoms with Gasteiger partial charge in [0.25, 0.3) is 5.91 Å². The van der Waals surface area contributed by atoms with Crippen LogP contribution in [0.3, 0.4) is 0 Å². The SMILES string of the molecule is CC.CC(C=O)NC(=O)CN.CCC.CCc1nc(C)oc1C(=O)Nc1nc2cc(C(N)=O)cnc2n1C/C=C/Cn1c2nc(-c3cc(C)nn3CC)ncc2c2cc(C(N)=O)cc(OCCCOCNC)c21.CF. The number of aryl methyl sites for hydroxylation is 4. The summed E-state index contributed by atoms with van der Waals surface area (Å²) in [6.07, 6.45) is 9.91. The lowest BCUT2D eigenvalue weighted by molar-refractivity contribution is -0.122. The summed E-state index contributed by atoms with van der Waals surface area (Å²) in [5, 5.41) is 14.1. The van der Waals surface area contributed by atoms with Gasteiger partial charge in [0.2, 0.25) is 29.4 Å². The molecule has 0 bridgehead atoms. The molecule has 6 heterocycles. The molecule has 0 saturated carbocycles. The van der Waals surface area contributed by atoms with E-state index in [0.717, 1.165) is 11.4 Å². The standard InChI is InChI=1S/C40H45N13O6.C5H10N2O2.C3H8.C2H6.CH3F/c1-6-28-33(59-23(4)46-28)39(56)49-40-47-29-17-25(35(42)55)19-45-38(29)52(40)12-9-8-11-51-32-26(16-24(34(41)54)18-31(32)58-14-10-13-57-21-43-5)27-20-44-36(48-37(27)51)30-15-22(3)50-53(30)7-2;1-4(3-8)7-5(9)2-6;1-3-2;2*1-2/h8-9,15-20,43H,6-7,10-14,21H2,1-5H3,(H2,41,54)(H2,42,55)(H,47,49,56);3-4H,2,6H2,1H3,(H,7,9);3H2,1-2H3;1-2H3;1H3/b9-8+;;;;. The number of fused-ring (bicyclic) bond motifs is 4. The maximum absolute atomic E-state index is 13.5. The molecule has 0 aliphatic carbocycles. The molecule has 75 heavy (non-hydrogen) atoms. The number of pyridine rings is 1. The maximum Gasteiger partial charge on any atom is 0.295 e. The van der Waals surface area contributed by atoms with Crippen LogP contribution < -0.4 is 37.9 Å². The number of hydrogen-bond acceptors (Lipinski definition) is 16. The number of benzene rings is 1. The number of nitrogens with two attached hydrogens (primary N) is 3. The molecule has 0 spiro atoms. The number of oxazole rings is 1. The number of anilines is 1. The lowest BCUT2D eigenvalue weighted by Crippen LogP contribution is -2.37. The highest BCUT2D eigenvalue weighted by atomic mass is 19.1. The van der Waals surface area contributed by atoms with Gasteiger partial charge in [-0.15, -0.1) is 0 Å². The van der Waals surface area contributed by atoms with E-state index in [1.165, 1.54) is 18.7 Å². The molecule has 0 aliphatic rings. The van der Waals surface area contributed by atoms with E-state index in [2.05, 4.69) is 49.8 Å². The van der Waals surface area contributed by atoms with Gasteiger partial charge in [-0.2, -0.15) is 5.10 Å². The summed E-state index contributed by atoms with van der Waals surface area (Å²) in [4.78, 5) is 81.5. The molecular weight excluding hydrogens is 970 g/mol. The van der Waals surface area contributed by atoms with Crippen molar-refractivity contribution in [2.24, 2.45) is 17.2 Å². The average molecular weight is 1040 g/mol. The van der Waals surface area contributed by atoms with Crippen molar-refractivity contribution in [3.63, 3.8) is 0 Å². The van der Waals surface area contributed by atoms with Crippen LogP contribution in [0.2, 0.25) is 0 Å².